The summed E-state index contributed by atoms with van der Waals surface area (Å²) in [6, 6.07) is 3.73. The van der Waals surface area contributed by atoms with Crippen LogP contribution in [-0.2, 0) is 22.6 Å². The predicted molar refractivity (Wildman–Crippen MR) is 128 cm³/mol. The number of ether oxygens (including phenoxy) is 1. The third-order valence-corrected chi connectivity index (χ3v) is 7.88. The van der Waals surface area contributed by atoms with Gasteiger partial charge in [-0.15, -0.1) is 0 Å². The van der Waals surface area contributed by atoms with Crippen molar-refractivity contribution in [3.8, 4) is 0 Å². The highest BCUT2D eigenvalue weighted by Crippen LogP contribution is 2.38. The fraction of sp³-hybridized carbons (Fsp3) is 0.560. The van der Waals surface area contributed by atoms with E-state index in [4.69, 9.17) is 16.3 Å². The van der Waals surface area contributed by atoms with Crippen LogP contribution in [0.1, 0.15) is 61.5 Å². The molecule has 2 fully saturated rings. The van der Waals surface area contributed by atoms with Crippen molar-refractivity contribution in [3.05, 3.63) is 51.7 Å². The fourth-order valence-corrected chi connectivity index (χ4v) is 5.44. The maximum atomic E-state index is 14.7. The van der Waals surface area contributed by atoms with E-state index in [2.05, 4.69) is 20.2 Å². The molecule has 194 valence electrons. The van der Waals surface area contributed by atoms with Gasteiger partial charge in [0.1, 0.15) is 11.6 Å². The van der Waals surface area contributed by atoms with Crippen LogP contribution in [0.25, 0.3) is 0 Å². The third kappa shape index (κ3) is 4.66. The highest BCUT2D eigenvalue weighted by molar-refractivity contribution is 6.28. The monoisotopic (exact) mass is 523 g/mol. The van der Waals surface area contributed by atoms with Gasteiger partial charge in [0, 0.05) is 16.5 Å². The standard InChI is InChI=1S/C25H29ClF3N5O2/c1-14(16-4-3-5-17(20(16)27)21(28)29)30-22-18-10-34(11-19(18)31-24(26)32-22)23(35)25(2)6-8-33(9-7-25)15-12-36-13-15/h3-5,14-15,21H,6-13H2,1-2H3,(H,30,31,32)/t14-/m1/s1. The fourth-order valence-electron chi connectivity index (χ4n) is 5.25. The molecule has 7 nitrogen and oxygen atoms in total. The van der Waals surface area contributed by atoms with E-state index < -0.39 is 29.3 Å². The molecule has 11 heteroatoms. The number of alkyl halides is 2. The minimum absolute atomic E-state index is 0.00166. The van der Waals surface area contributed by atoms with Gasteiger partial charge in [-0.05, 0) is 44.5 Å². The molecule has 0 spiro atoms. The molecule has 3 aliphatic heterocycles. The third-order valence-electron chi connectivity index (χ3n) is 7.71. The average molecular weight is 524 g/mol. The Bertz CT molecular complexity index is 1150. The normalized spacial score (nSPS) is 20.8. The maximum absolute atomic E-state index is 14.7. The van der Waals surface area contributed by atoms with Gasteiger partial charge in [0.05, 0.1) is 49.6 Å². The van der Waals surface area contributed by atoms with Crippen LogP contribution in [0.4, 0.5) is 19.0 Å². The molecular weight excluding hydrogens is 495 g/mol. The topological polar surface area (TPSA) is 70.6 Å². The van der Waals surface area contributed by atoms with Gasteiger partial charge < -0.3 is 15.0 Å². The number of nitrogens with one attached hydrogen (secondary N) is 1. The van der Waals surface area contributed by atoms with Gasteiger partial charge in [0.25, 0.3) is 6.43 Å². The molecule has 0 unspecified atom stereocenters. The van der Waals surface area contributed by atoms with Gasteiger partial charge in [0.2, 0.25) is 11.2 Å². The van der Waals surface area contributed by atoms with Crippen molar-refractivity contribution in [1.82, 2.24) is 19.8 Å². The number of nitrogens with zero attached hydrogens (tertiary/aromatic N) is 4. The van der Waals surface area contributed by atoms with Crippen LogP contribution in [0.5, 0.6) is 0 Å². The molecule has 0 radical (unpaired) electrons. The van der Waals surface area contributed by atoms with Gasteiger partial charge >= 0.3 is 0 Å². The summed E-state index contributed by atoms with van der Waals surface area (Å²) in [4.78, 5) is 26.4. The zero-order valence-electron chi connectivity index (χ0n) is 20.2. The first-order valence-electron chi connectivity index (χ1n) is 12.2. The number of amides is 1. The second-order valence-electron chi connectivity index (χ2n) is 10.1. The van der Waals surface area contributed by atoms with E-state index in [1.54, 1.807) is 11.8 Å². The lowest BCUT2D eigenvalue weighted by Gasteiger charge is -2.45. The summed E-state index contributed by atoms with van der Waals surface area (Å²) in [6.07, 6.45) is -1.38. The van der Waals surface area contributed by atoms with Crippen molar-refractivity contribution < 1.29 is 22.7 Å². The Hall–Kier alpha value is -2.43. The Labute approximate surface area is 213 Å². The van der Waals surface area contributed by atoms with Crippen LogP contribution in [0.3, 0.4) is 0 Å². The van der Waals surface area contributed by atoms with E-state index in [0.29, 0.717) is 36.2 Å². The van der Waals surface area contributed by atoms with E-state index in [0.717, 1.165) is 45.2 Å². The number of halogens is 4. The number of hydrogen-bond acceptors (Lipinski definition) is 6. The first-order chi connectivity index (χ1) is 17.2. The van der Waals surface area contributed by atoms with Crippen LogP contribution < -0.4 is 5.32 Å². The van der Waals surface area contributed by atoms with E-state index >= 15 is 0 Å². The Morgan fingerprint density at radius 2 is 1.89 bits per heavy atom. The molecular formula is C25H29ClF3N5O2. The summed E-state index contributed by atoms with van der Waals surface area (Å²) in [6.45, 7) is 7.53. The molecule has 36 heavy (non-hydrogen) atoms. The van der Waals surface area contributed by atoms with Gasteiger partial charge in [-0.1, -0.05) is 25.1 Å². The molecule has 0 bridgehead atoms. The SMILES string of the molecule is C[C@@H](Nc1nc(Cl)nc2c1CN(C(=O)C1(C)CCN(C3COC3)CC1)C2)c1cccc(C(F)F)c1F. The van der Waals surface area contributed by atoms with E-state index in [-0.39, 0.29) is 16.8 Å². The number of aromatic nitrogens is 2. The zero-order valence-corrected chi connectivity index (χ0v) is 21.0. The van der Waals surface area contributed by atoms with Crippen molar-refractivity contribution in [2.45, 2.75) is 58.3 Å². The summed E-state index contributed by atoms with van der Waals surface area (Å²) < 4.78 is 46.4. The molecule has 1 amide bonds. The molecule has 5 rings (SSSR count). The van der Waals surface area contributed by atoms with Gasteiger partial charge in [-0.3, -0.25) is 9.69 Å². The molecule has 0 aliphatic carbocycles. The molecule has 0 saturated carbocycles. The molecule has 2 saturated heterocycles. The van der Waals surface area contributed by atoms with Crippen molar-refractivity contribution in [2.75, 3.05) is 31.6 Å². The van der Waals surface area contributed by atoms with Crippen LogP contribution in [0.15, 0.2) is 18.2 Å². The molecule has 1 aromatic carbocycles. The van der Waals surface area contributed by atoms with Crippen molar-refractivity contribution in [3.63, 3.8) is 0 Å². The number of carbonyl (C=O) groups is 1. The molecule has 1 atom stereocenters. The zero-order chi connectivity index (χ0) is 25.6. The van der Waals surface area contributed by atoms with E-state index in [9.17, 15) is 18.0 Å². The van der Waals surface area contributed by atoms with Crippen molar-refractivity contribution >= 4 is 23.3 Å². The number of fused-ring (bicyclic) bond motifs is 1. The number of benzene rings is 1. The predicted octanol–water partition coefficient (Wildman–Crippen LogP) is 4.72. The van der Waals surface area contributed by atoms with Gasteiger partial charge in [-0.2, -0.15) is 0 Å². The lowest BCUT2D eigenvalue weighted by atomic mass is 9.78. The number of carbonyl (C=O) groups excluding carboxylic acids is 1. The Balaban J connectivity index is 1.31. The largest absolute Gasteiger partial charge is 0.378 e. The first-order valence-corrected chi connectivity index (χ1v) is 12.5. The van der Waals surface area contributed by atoms with Crippen LogP contribution >= 0.6 is 11.6 Å². The summed E-state index contributed by atoms with van der Waals surface area (Å²) >= 11 is 6.17. The van der Waals surface area contributed by atoms with Crippen LogP contribution in [-0.4, -0.2) is 58.0 Å². The highest BCUT2D eigenvalue weighted by atomic mass is 35.5. The van der Waals surface area contributed by atoms with Gasteiger partial charge in [-0.25, -0.2) is 23.1 Å². The van der Waals surface area contributed by atoms with Crippen LogP contribution in [0, 0.1) is 11.2 Å². The quantitative estimate of drug-likeness (QED) is 0.552. The Morgan fingerprint density at radius 3 is 2.53 bits per heavy atom. The number of rotatable bonds is 6. The Kier molecular flexibility index (Phi) is 6.86. The minimum atomic E-state index is -2.91. The summed E-state index contributed by atoms with van der Waals surface area (Å²) in [7, 11) is 0. The highest BCUT2D eigenvalue weighted by Gasteiger charge is 2.43. The van der Waals surface area contributed by atoms with Gasteiger partial charge in [0.15, 0.2) is 0 Å². The molecule has 1 N–H and O–H groups in total. The minimum Gasteiger partial charge on any atom is -0.378 e. The molecule has 3 aliphatic rings. The first kappa shape index (κ1) is 25.2. The van der Waals surface area contributed by atoms with Crippen molar-refractivity contribution in [2.24, 2.45) is 5.41 Å². The van der Waals surface area contributed by atoms with Crippen molar-refractivity contribution in [1.29, 1.82) is 0 Å². The van der Waals surface area contributed by atoms with E-state index in [1.165, 1.54) is 12.1 Å². The smallest absolute Gasteiger partial charge is 0.266 e. The summed E-state index contributed by atoms with van der Waals surface area (Å²) in [5, 5.41) is 3.11. The number of piperidine rings is 1. The second kappa shape index (κ2) is 9.79. The number of likely N-dealkylation sites (tertiary alicyclic amines) is 1. The number of hydrogen-bond donors (Lipinski definition) is 1. The molecule has 2 aromatic rings. The average Bonchev–Trinajstić information content (AvgIpc) is 3.23. The molecule has 4 heterocycles. The lowest BCUT2D eigenvalue weighted by molar-refractivity contribution is -0.147. The lowest BCUT2D eigenvalue weighted by Crippen LogP contribution is -2.55. The summed E-state index contributed by atoms with van der Waals surface area (Å²) in [5.74, 6) is -0.510. The summed E-state index contributed by atoms with van der Waals surface area (Å²) in [5.41, 5.74) is 0.316. The number of anilines is 1. The molecule has 1 aromatic heterocycles. The Morgan fingerprint density at radius 1 is 1.19 bits per heavy atom. The van der Waals surface area contributed by atoms with E-state index in [1.807, 2.05) is 6.92 Å². The second-order valence-corrected chi connectivity index (χ2v) is 10.5. The maximum Gasteiger partial charge on any atom is 0.266 e. The van der Waals surface area contributed by atoms with Crippen LogP contribution in [0.2, 0.25) is 5.28 Å².